The van der Waals surface area contributed by atoms with Crippen LogP contribution in [0, 0.1) is 23.9 Å². The van der Waals surface area contributed by atoms with Crippen LogP contribution in [-0.4, -0.2) is 19.1 Å². The summed E-state index contributed by atoms with van der Waals surface area (Å²) in [4.78, 5) is 17.6. The number of ether oxygens (including phenoxy) is 1. The molecule has 118 valence electrons. The second kappa shape index (κ2) is 8.45. The Hall–Kier alpha value is -1.99. The first-order valence-electron chi connectivity index (χ1n) is 7.77. The smallest absolute Gasteiger partial charge is 0.274 e. The number of carbonyl (C=O) groups excluding carboxylic acids is 1. The molecule has 0 heterocycles. The molecule has 1 aromatic carbocycles. The summed E-state index contributed by atoms with van der Waals surface area (Å²) in [6, 6.07) is 8.99. The van der Waals surface area contributed by atoms with Crippen molar-refractivity contribution < 1.29 is 14.4 Å². The fourth-order valence-electron chi connectivity index (χ4n) is 2.88. The fraction of sp³-hybridized carbons (Fsp3) is 0.500. The zero-order valence-corrected chi connectivity index (χ0v) is 13.2. The summed E-state index contributed by atoms with van der Waals surface area (Å²) >= 11 is 0. The van der Waals surface area contributed by atoms with Crippen LogP contribution in [0.3, 0.4) is 0 Å². The third-order valence-electron chi connectivity index (χ3n) is 4.24. The van der Waals surface area contributed by atoms with Crippen molar-refractivity contribution in [2.45, 2.75) is 38.7 Å². The maximum Gasteiger partial charge on any atom is 0.274 e. The van der Waals surface area contributed by atoms with Gasteiger partial charge in [-0.15, -0.1) is 0 Å². The minimum Gasteiger partial charge on any atom is -0.450 e. The van der Waals surface area contributed by atoms with Gasteiger partial charge in [-0.3, -0.25) is 9.63 Å². The molecule has 2 unspecified atom stereocenters. The summed E-state index contributed by atoms with van der Waals surface area (Å²) in [6.45, 7) is 2.12. The maximum atomic E-state index is 12.1. The molecule has 2 rings (SSSR count). The summed E-state index contributed by atoms with van der Waals surface area (Å²) in [5, 5.41) is 0. The zero-order chi connectivity index (χ0) is 15.8. The van der Waals surface area contributed by atoms with Crippen LogP contribution in [0.1, 0.15) is 43.0 Å². The van der Waals surface area contributed by atoms with E-state index < -0.39 is 0 Å². The van der Waals surface area contributed by atoms with Gasteiger partial charge in [0.2, 0.25) is 0 Å². The van der Waals surface area contributed by atoms with Gasteiger partial charge in [0.1, 0.15) is 6.11 Å². The number of nitrogens with one attached hydrogen (secondary N) is 1. The lowest BCUT2D eigenvalue weighted by Gasteiger charge is -2.24. The van der Waals surface area contributed by atoms with E-state index in [1.807, 2.05) is 18.2 Å². The number of hydroxylamine groups is 1. The SMILES string of the molecule is COC#CC(ONC(=O)c1ccccc1)C(C)C1CCCC1. The van der Waals surface area contributed by atoms with Gasteiger partial charge in [-0.05, 0) is 29.9 Å². The van der Waals surface area contributed by atoms with E-state index >= 15 is 0 Å². The van der Waals surface area contributed by atoms with E-state index in [4.69, 9.17) is 9.57 Å². The average molecular weight is 301 g/mol. The monoisotopic (exact) mass is 301 g/mol. The van der Waals surface area contributed by atoms with Crippen molar-refractivity contribution in [3.8, 4) is 12.0 Å². The molecule has 0 aliphatic heterocycles. The predicted octanol–water partition coefficient (Wildman–Crippen LogP) is 3.15. The predicted molar refractivity (Wildman–Crippen MR) is 84.7 cm³/mol. The third-order valence-corrected chi connectivity index (χ3v) is 4.24. The second-order valence-electron chi connectivity index (χ2n) is 5.69. The van der Waals surface area contributed by atoms with Crippen molar-refractivity contribution in [1.29, 1.82) is 0 Å². The maximum absolute atomic E-state index is 12.1. The number of carbonyl (C=O) groups is 1. The molecular weight excluding hydrogens is 278 g/mol. The minimum absolute atomic E-state index is 0.251. The van der Waals surface area contributed by atoms with Gasteiger partial charge in [0.15, 0.2) is 6.10 Å². The summed E-state index contributed by atoms with van der Waals surface area (Å²) < 4.78 is 4.82. The van der Waals surface area contributed by atoms with Crippen molar-refractivity contribution in [3.63, 3.8) is 0 Å². The van der Waals surface area contributed by atoms with E-state index in [9.17, 15) is 4.79 Å². The first-order valence-corrected chi connectivity index (χ1v) is 7.77. The van der Waals surface area contributed by atoms with Crippen molar-refractivity contribution >= 4 is 5.91 Å². The molecule has 1 aromatic rings. The Kier molecular flexibility index (Phi) is 6.29. The van der Waals surface area contributed by atoms with Crippen LogP contribution in [0.15, 0.2) is 30.3 Å². The Bertz CT molecular complexity index is 526. The summed E-state index contributed by atoms with van der Waals surface area (Å²) in [7, 11) is 1.52. The van der Waals surface area contributed by atoms with E-state index in [1.54, 1.807) is 12.1 Å². The lowest BCUT2D eigenvalue weighted by atomic mass is 9.88. The van der Waals surface area contributed by atoms with Gasteiger partial charge >= 0.3 is 0 Å². The van der Waals surface area contributed by atoms with Crippen LogP contribution < -0.4 is 5.48 Å². The van der Waals surface area contributed by atoms with Crippen LogP contribution in [0.25, 0.3) is 0 Å². The molecule has 0 saturated heterocycles. The molecule has 2 atom stereocenters. The fourth-order valence-corrected chi connectivity index (χ4v) is 2.88. The lowest BCUT2D eigenvalue weighted by molar-refractivity contribution is -0.0229. The highest BCUT2D eigenvalue weighted by molar-refractivity contribution is 5.93. The molecule has 1 aliphatic rings. The Labute approximate surface area is 132 Å². The second-order valence-corrected chi connectivity index (χ2v) is 5.69. The van der Waals surface area contributed by atoms with Crippen LogP contribution in [0.4, 0.5) is 0 Å². The topological polar surface area (TPSA) is 47.6 Å². The Balaban J connectivity index is 1.96. The van der Waals surface area contributed by atoms with Gasteiger partial charge in [0.25, 0.3) is 5.91 Å². The van der Waals surface area contributed by atoms with Crippen molar-refractivity contribution in [1.82, 2.24) is 5.48 Å². The standard InChI is InChI=1S/C18H23NO3/c1-14(15-8-6-7-9-15)17(12-13-21-2)22-19-18(20)16-10-4-3-5-11-16/h3-5,10-11,14-15,17H,6-9H2,1-2H3,(H,19,20). The van der Waals surface area contributed by atoms with E-state index in [2.05, 4.69) is 24.4 Å². The molecule has 1 amide bonds. The van der Waals surface area contributed by atoms with Gasteiger partial charge in [-0.25, -0.2) is 5.48 Å². The normalized spacial score (nSPS) is 17.2. The number of rotatable bonds is 5. The van der Waals surface area contributed by atoms with Crippen molar-refractivity contribution in [2.24, 2.45) is 11.8 Å². The number of amides is 1. The zero-order valence-electron chi connectivity index (χ0n) is 13.2. The van der Waals surface area contributed by atoms with Crippen LogP contribution >= 0.6 is 0 Å². The molecular formula is C18H23NO3. The van der Waals surface area contributed by atoms with Crippen molar-refractivity contribution in [2.75, 3.05) is 7.11 Å². The molecule has 1 N–H and O–H groups in total. The molecule has 4 nitrogen and oxygen atoms in total. The molecule has 0 bridgehead atoms. The van der Waals surface area contributed by atoms with E-state index in [0.29, 0.717) is 11.5 Å². The first kappa shape index (κ1) is 16.4. The molecule has 1 saturated carbocycles. The number of benzene rings is 1. The van der Waals surface area contributed by atoms with Crippen LogP contribution in [0.2, 0.25) is 0 Å². The third kappa shape index (κ3) is 4.51. The number of hydrogen-bond donors (Lipinski definition) is 1. The summed E-state index contributed by atoms with van der Waals surface area (Å²) in [5.41, 5.74) is 3.08. The Morgan fingerprint density at radius 2 is 1.95 bits per heavy atom. The van der Waals surface area contributed by atoms with Gasteiger partial charge in [0.05, 0.1) is 7.11 Å². The van der Waals surface area contributed by atoms with E-state index in [0.717, 1.165) is 0 Å². The molecule has 0 radical (unpaired) electrons. The molecule has 0 spiro atoms. The Morgan fingerprint density at radius 1 is 1.27 bits per heavy atom. The highest BCUT2D eigenvalue weighted by atomic mass is 16.7. The van der Waals surface area contributed by atoms with E-state index in [1.165, 1.54) is 32.8 Å². The average Bonchev–Trinajstić information content (AvgIpc) is 3.09. The minimum atomic E-state index is -0.365. The van der Waals surface area contributed by atoms with Gasteiger partial charge in [0, 0.05) is 5.56 Å². The highest BCUT2D eigenvalue weighted by Gasteiger charge is 2.28. The van der Waals surface area contributed by atoms with Crippen molar-refractivity contribution in [3.05, 3.63) is 35.9 Å². The summed E-state index contributed by atoms with van der Waals surface area (Å²) in [5.74, 6) is 3.52. The van der Waals surface area contributed by atoms with E-state index in [-0.39, 0.29) is 17.9 Å². The molecule has 1 fully saturated rings. The quantitative estimate of drug-likeness (QED) is 0.671. The lowest BCUT2D eigenvalue weighted by Crippen LogP contribution is -2.34. The van der Waals surface area contributed by atoms with Crippen LogP contribution in [0.5, 0.6) is 0 Å². The van der Waals surface area contributed by atoms with Crippen LogP contribution in [-0.2, 0) is 9.57 Å². The molecule has 0 aromatic heterocycles. The Morgan fingerprint density at radius 3 is 2.59 bits per heavy atom. The summed E-state index contributed by atoms with van der Waals surface area (Å²) in [6.07, 6.45) is 7.14. The number of hydrogen-bond acceptors (Lipinski definition) is 3. The molecule has 1 aliphatic carbocycles. The van der Waals surface area contributed by atoms with Gasteiger partial charge in [-0.2, -0.15) is 0 Å². The largest absolute Gasteiger partial charge is 0.450 e. The molecule has 4 heteroatoms. The molecule has 22 heavy (non-hydrogen) atoms. The number of methoxy groups -OCH3 is 1. The van der Waals surface area contributed by atoms with Gasteiger partial charge in [-0.1, -0.05) is 50.8 Å². The highest BCUT2D eigenvalue weighted by Crippen LogP contribution is 2.33. The van der Waals surface area contributed by atoms with Gasteiger partial charge < -0.3 is 4.74 Å². The first-order chi connectivity index (χ1) is 10.7.